The minimum Gasteiger partial charge on any atom is -0.362 e. The Morgan fingerprint density at radius 1 is 1.43 bits per heavy atom. The molecule has 1 saturated heterocycles. The molecule has 2 aromatic heterocycles. The molecule has 0 aliphatic carbocycles. The van der Waals surface area contributed by atoms with Crippen molar-refractivity contribution in [1.82, 2.24) is 24.8 Å². The number of aromatic amines is 1. The van der Waals surface area contributed by atoms with Crippen molar-refractivity contribution in [3.63, 3.8) is 0 Å². The molecule has 10 nitrogen and oxygen atoms in total. The zero-order chi connectivity index (χ0) is 15.0. The average Bonchev–Trinajstić information content (AvgIpc) is 3.01. The first-order valence-electron chi connectivity index (χ1n) is 6.23. The van der Waals surface area contributed by atoms with Crippen molar-refractivity contribution in [1.29, 1.82) is 0 Å². The molecule has 3 heterocycles. The summed E-state index contributed by atoms with van der Waals surface area (Å²) in [5.41, 5.74) is 0.299. The highest BCUT2D eigenvalue weighted by Crippen LogP contribution is 2.35. The van der Waals surface area contributed by atoms with E-state index in [4.69, 9.17) is 14.5 Å². The zero-order valence-electron chi connectivity index (χ0n) is 10.8. The van der Waals surface area contributed by atoms with Crippen molar-refractivity contribution in [3.8, 4) is 0 Å². The van der Waals surface area contributed by atoms with E-state index >= 15 is 0 Å². The number of nitrogens with one attached hydrogen (secondary N) is 2. The van der Waals surface area contributed by atoms with Crippen LogP contribution in [0.1, 0.15) is 6.04 Å². The second-order valence-electron chi connectivity index (χ2n) is 4.78. The number of fused-ring (bicyclic) bond motifs is 1. The predicted octanol–water partition coefficient (Wildman–Crippen LogP) is -1.22. The van der Waals surface area contributed by atoms with Crippen molar-refractivity contribution in [2.24, 2.45) is 0 Å². The molecule has 21 heavy (non-hydrogen) atoms. The second-order valence-corrected chi connectivity index (χ2v) is 6.37. The average molecular weight is 315 g/mol. The number of hydrogen-bond acceptors (Lipinski definition) is 6. The third-order valence-corrected chi connectivity index (χ3v) is 3.79. The van der Waals surface area contributed by atoms with Crippen molar-refractivity contribution >= 4 is 18.8 Å². The van der Waals surface area contributed by atoms with E-state index in [-0.39, 0.29) is 17.1 Å². The topological polar surface area (TPSA) is 142 Å². The maximum atomic E-state index is 11.6. The van der Waals surface area contributed by atoms with Gasteiger partial charge >= 0.3 is 7.60 Å². The van der Waals surface area contributed by atoms with E-state index in [0.717, 1.165) is 0 Å². The Morgan fingerprint density at radius 2 is 2.24 bits per heavy atom. The molecule has 2 atom stereocenters. The van der Waals surface area contributed by atoms with Gasteiger partial charge in [-0.2, -0.15) is 0 Å². The van der Waals surface area contributed by atoms with Gasteiger partial charge in [-0.25, -0.2) is 9.97 Å². The summed E-state index contributed by atoms with van der Waals surface area (Å²) in [6.07, 6.45) is 1.70. The molecule has 0 saturated carbocycles. The predicted molar refractivity (Wildman–Crippen MR) is 71.8 cm³/mol. The van der Waals surface area contributed by atoms with Crippen LogP contribution < -0.4 is 10.9 Å². The van der Waals surface area contributed by atoms with Gasteiger partial charge in [0.25, 0.3) is 5.56 Å². The van der Waals surface area contributed by atoms with Crippen molar-refractivity contribution in [2.45, 2.75) is 12.1 Å². The van der Waals surface area contributed by atoms with Gasteiger partial charge in [0.05, 0.1) is 24.8 Å². The Labute approximate surface area is 118 Å². The number of hydrogen-bond donors (Lipinski definition) is 4. The van der Waals surface area contributed by atoms with Gasteiger partial charge in [-0.3, -0.25) is 9.36 Å². The normalized spacial score (nSPS) is 23.0. The van der Waals surface area contributed by atoms with Crippen molar-refractivity contribution in [2.75, 3.05) is 19.4 Å². The molecule has 3 rings (SSSR count). The van der Waals surface area contributed by atoms with Crippen LogP contribution in [0.5, 0.6) is 0 Å². The lowest BCUT2D eigenvalue weighted by atomic mass is 10.2. The largest absolute Gasteiger partial charge is 0.362 e. The van der Waals surface area contributed by atoms with E-state index in [1.807, 2.05) is 0 Å². The smallest absolute Gasteiger partial charge is 0.350 e. The van der Waals surface area contributed by atoms with Crippen LogP contribution in [0.25, 0.3) is 11.2 Å². The molecule has 1 aliphatic heterocycles. The number of H-pyrrole nitrogens is 1. The number of imidazole rings is 1. The maximum Gasteiger partial charge on any atom is 0.350 e. The van der Waals surface area contributed by atoms with Crippen LogP contribution in [0.4, 0.5) is 0 Å². The first kappa shape index (κ1) is 14.4. The quantitative estimate of drug-likeness (QED) is 0.514. The lowest BCUT2D eigenvalue weighted by Crippen LogP contribution is -2.26. The SMILES string of the molecule is O=c1[nH]cnc2c1ncn2C1CNC[C@H]1OCP(=O)(O)O. The monoisotopic (exact) mass is 315 g/mol. The molecule has 0 amide bonds. The molecule has 0 radical (unpaired) electrons. The Bertz CT molecular complexity index is 752. The van der Waals surface area contributed by atoms with E-state index in [9.17, 15) is 9.36 Å². The standard InChI is InChI=1S/C10H14N5O5P/c16-10-8-9(12-3-13-10)15(4-14-8)6-1-11-2-7(6)20-5-21(17,18)19/h3-4,6-7,11H,1-2,5H2,(H,12,13,16)(H2,17,18,19)/t6?,7-/m1/s1. The van der Waals surface area contributed by atoms with Gasteiger partial charge in [-0.1, -0.05) is 0 Å². The fourth-order valence-electron chi connectivity index (χ4n) is 2.39. The van der Waals surface area contributed by atoms with Crippen LogP contribution in [0.2, 0.25) is 0 Å². The Balaban J connectivity index is 1.89. The van der Waals surface area contributed by atoms with Gasteiger partial charge in [-0.05, 0) is 0 Å². The fourth-order valence-corrected chi connectivity index (χ4v) is 2.77. The second kappa shape index (κ2) is 5.32. The van der Waals surface area contributed by atoms with Crippen LogP contribution in [-0.2, 0) is 9.30 Å². The lowest BCUT2D eigenvalue weighted by Gasteiger charge is -2.20. The van der Waals surface area contributed by atoms with E-state index in [0.29, 0.717) is 18.7 Å². The summed E-state index contributed by atoms with van der Waals surface area (Å²) in [6, 6.07) is -0.240. The first-order valence-corrected chi connectivity index (χ1v) is 8.02. The zero-order valence-corrected chi connectivity index (χ0v) is 11.7. The highest BCUT2D eigenvalue weighted by molar-refractivity contribution is 7.51. The lowest BCUT2D eigenvalue weighted by molar-refractivity contribution is 0.0625. The van der Waals surface area contributed by atoms with Gasteiger partial charge in [0, 0.05) is 13.1 Å². The number of ether oxygens (including phenoxy) is 1. The van der Waals surface area contributed by atoms with Crippen molar-refractivity contribution in [3.05, 3.63) is 23.0 Å². The fraction of sp³-hybridized carbons (Fsp3) is 0.500. The van der Waals surface area contributed by atoms with Crippen molar-refractivity contribution < 1.29 is 19.1 Å². The van der Waals surface area contributed by atoms with E-state index in [1.165, 1.54) is 12.7 Å². The third kappa shape index (κ3) is 2.89. The summed E-state index contributed by atoms with van der Waals surface area (Å²) in [6.45, 7) is 0.985. The summed E-state index contributed by atoms with van der Waals surface area (Å²) in [5.74, 6) is 0. The number of rotatable bonds is 4. The van der Waals surface area contributed by atoms with Crippen LogP contribution in [0.3, 0.4) is 0 Å². The van der Waals surface area contributed by atoms with Gasteiger partial charge in [0.2, 0.25) is 0 Å². The molecule has 2 aromatic rings. The number of aromatic nitrogens is 4. The van der Waals surface area contributed by atoms with Crippen LogP contribution in [0, 0.1) is 0 Å². The van der Waals surface area contributed by atoms with Gasteiger partial charge in [-0.15, -0.1) is 0 Å². The molecule has 4 N–H and O–H groups in total. The summed E-state index contributed by atoms with van der Waals surface area (Å²) in [5, 5.41) is 3.09. The molecule has 1 unspecified atom stereocenters. The minimum absolute atomic E-state index is 0.220. The molecule has 0 aromatic carbocycles. The van der Waals surface area contributed by atoms with Crippen LogP contribution >= 0.6 is 7.60 Å². The summed E-state index contributed by atoms with van der Waals surface area (Å²) in [7, 11) is -4.22. The first-order chi connectivity index (χ1) is 9.96. The van der Waals surface area contributed by atoms with Crippen LogP contribution in [0.15, 0.2) is 17.4 Å². The Morgan fingerprint density at radius 3 is 3.00 bits per heavy atom. The maximum absolute atomic E-state index is 11.6. The number of nitrogens with zero attached hydrogens (tertiary/aromatic N) is 3. The molecular weight excluding hydrogens is 301 g/mol. The molecule has 1 fully saturated rings. The van der Waals surface area contributed by atoms with Gasteiger partial charge < -0.3 is 29.4 Å². The molecular formula is C10H14N5O5P. The van der Waals surface area contributed by atoms with E-state index in [1.54, 1.807) is 4.57 Å². The molecule has 11 heteroatoms. The Hall–Kier alpha value is -1.58. The van der Waals surface area contributed by atoms with Crippen LogP contribution in [-0.4, -0.2) is 54.8 Å². The molecule has 0 spiro atoms. The summed E-state index contributed by atoms with van der Waals surface area (Å²) < 4.78 is 17.9. The van der Waals surface area contributed by atoms with E-state index in [2.05, 4.69) is 20.3 Å². The molecule has 1 aliphatic rings. The summed E-state index contributed by atoms with van der Waals surface area (Å²) >= 11 is 0. The van der Waals surface area contributed by atoms with Gasteiger partial charge in [0.15, 0.2) is 11.2 Å². The molecule has 0 bridgehead atoms. The minimum atomic E-state index is -4.22. The highest BCUT2D eigenvalue weighted by Gasteiger charge is 2.32. The Kier molecular flexibility index (Phi) is 3.64. The van der Waals surface area contributed by atoms with Gasteiger partial charge in [0.1, 0.15) is 6.35 Å². The summed E-state index contributed by atoms with van der Waals surface area (Å²) in [4.78, 5) is 40.0. The molecule has 114 valence electrons. The third-order valence-electron chi connectivity index (χ3n) is 3.31. The highest BCUT2D eigenvalue weighted by atomic mass is 31.2. The van der Waals surface area contributed by atoms with E-state index < -0.39 is 20.0 Å².